The fraction of sp³-hybridized carbons (Fsp3) is 1.00. The molecule has 0 aromatic heterocycles. The molecular weight excluding hydrogens is 106 g/mol. The van der Waals surface area contributed by atoms with Gasteiger partial charge in [-0.3, -0.25) is 0 Å². The molecule has 0 saturated carbocycles. The molecule has 0 saturated heterocycles. The Balaban J connectivity index is 3.11. The molecule has 2 radical (unpaired) electrons. The van der Waals surface area contributed by atoms with Crippen LogP contribution in [0.1, 0.15) is 20.8 Å². The molecule has 0 aromatic rings. The number of nitrogens with zero attached hydrogens (tertiary/aromatic N) is 1. The molecule has 0 spiro atoms. The fourth-order valence-corrected chi connectivity index (χ4v) is 0.203. The molecule has 0 aliphatic heterocycles. The average molecular weight is 117 g/mol. The molecule has 0 aromatic carbocycles. The van der Waals surface area contributed by atoms with E-state index >= 15 is 0 Å². The minimum Gasteiger partial charge on any atom is -0.348 e. The lowest BCUT2D eigenvalue weighted by Crippen LogP contribution is -2.20. The smallest absolute Gasteiger partial charge is 0.171 e. The van der Waals surface area contributed by atoms with Gasteiger partial charge < -0.3 is 4.74 Å². The Morgan fingerprint density at radius 1 is 1.38 bits per heavy atom. The second kappa shape index (κ2) is 3.02. The summed E-state index contributed by atoms with van der Waals surface area (Å²) in [6, 6.07) is 0. The fourth-order valence-electron chi connectivity index (χ4n) is 0.203. The normalized spacial score (nSPS) is 12.0. The molecule has 0 unspecified atom stereocenters. The lowest BCUT2D eigenvalue weighted by atomic mass is 10.2. The van der Waals surface area contributed by atoms with Gasteiger partial charge in [0.1, 0.15) is 0 Å². The van der Waals surface area contributed by atoms with Gasteiger partial charge >= 0.3 is 0 Å². The summed E-state index contributed by atoms with van der Waals surface area (Å²) in [7, 11) is 0. The number of hydrogen-bond donors (Lipinski definition) is 0. The highest BCUT2D eigenvalue weighted by Gasteiger charge is 2.08. The molecule has 48 valence electrons. The summed E-state index contributed by atoms with van der Waals surface area (Å²) in [6.45, 7) is 5.58. The van der Waals surface area contributed by atoms with Gasteiger partial charge in [-0.15, -0.1) is 0 Å². The molecule has 0 bridgehead atoms. The molecule has 0 rings (SSSR count). The van der Waals surface area contributed by atoms with E-state index in [-0.39, 0.29) is 12.4 Å². The first-order valence-electron chi connectivity index (χ1n) is 2.46. The van der Waals surface area contributed by atoms with Crippen molar-refractivity contribution in [2.24, 2.45) is 0 Å². The van der Waals surface area contributed by atoms with Crippen LogP contribution in [-0.4, -0.2) is 12.4 Å². The van der Waals surface area contributed by atoms with Crippen LogP contribution >= 0.6 is 0 Å². The first kappa shape index (κ1) is 7.88. The van der Waals surface area contributed by atoms with E-state index in [1.807, 2.05) is 20.8 Å². The van der Waals surface area contributed by atoms with Crippen LogP contribution in [0, 0.1) is 0 Å². The Morgan fingerprint density at radius 3 is 2.00 bits per heavy atom. The lowest BCUT2D eigenvalue weighted by Gasteiger charge is -2.17. The van der Waals surface area contributed by atoms with Crippen LogP contribution in [0.4, 0.5) is 0 Å². The van der Waals surface area contributed by atoms with Crippen molar-refractivity contribution < 1.29 is 9.57 Å². The first-order chi connectivity index (χ1) is 3.56. The van der Waals surface area contributed by atoms with Gasteiger partial charge in [0.05, 0.1) is 5.60 Å². The summed E-state index contributed by atoms with van der Waals surface area (Å²) in [5.74, 6) is 7.80. The number of ether oxygens (including phenoxy) is 1. The molecule has 0 heterocycles. The minimum atomic E-state index is -0.233. The maximum atomic E-state index is 7.80. The third kappa shape index (κ3) is 5.88. The lowest BCUT2D eigenvalue weighted by molar-refractivity contribution is -0.127. The molecule has 0 atom stereocenters. The molecule has 0 aliphatic rings. The van der Waals surface area contributed by atoms with Crippen LogP contribution in [0.25, 0.3) is 0 Å². The van der Waals surface area contributed by atoms with E-state index in [1.165, 1.54) is 0 Å². The van der Waals surface area contributed by atoms with Crippen LogP contribution < -0.4 is 5.90 Å². The van der Waals surface area contributed by atoms with E-state index in [0.717, 1.165) is 0 Å². The molecule has 0 amide bonds. The van der Waals surface area contributed by atoms with Crippen molar-refractivity contribution in [3.63, 3.8) is 0 Å². The van der Waals surface area contributed by atoms with E-state index < -0.39 is 0 Å². The summed E-state index contributed by atoms with van der Waals surface area (Å²) in [5, 5.41) is 0. The number of hydrogen-bond acceptors (Lipinski definition) is 2. The third-order valence-corrected chi connectivity index (χ3v) is 0.545. The highest BCUT2D eigenvalue weighted by Crippen LogP contribution is 2.04. The summed E-state index contributed by atoms with van der Waals surface area (Å²) < 4.78 is 4.91. The largest absolute Gasteiger partial charge is 0.348 e. The van der Waals surface area contributed by atoms with E-state index in [2.05, 4.69) is 4.84 Å². The van der Waals surface area contributed by atoms with Gasteiger partial charge in [0.15, 0.2) is 6.79 Å². The van der Waals surface area contributed by atoms with Crippen molar-refractivity contribution in [1.82, 2.24) is 5.90 Å². The van der Waals surface area contributed by atoms with Crippen molar-refractivity contribution in [2.75, 3.05) is 6.79 Å². The van der Waals surface area contributed by atoms with Gasteiger partial charge in [-0.2, -0.15) is 0 Å². The van der Waals surface area contributed by atoms with E-state index in [4.69, 9.17) is 10.6 Å². The minimum absolute atomic E-state index is 0.0660. The zero-order valence-electron chi connectivity index (χ0n) is 5.47. The maximum absolute atomic E-state index is 7.80. The van der Waals surface area contributed by atoms with Gasteiger partial charge in [-0.1, -0.05) is 0 Å². The van der Waals surface area contributed by atoms with E-state index in [9.17, 15) is 0 Å². The highest BCUT2D eigenvalue weighted by atomic mass is 16.7. The summed E-state index contributed by atoms with van der Waals surface area (Å²) >= 11 is 0. The van der Waals surface area contributed by atoms with Crippen molar-refractivity contribution in [3.8, 4) is 0 Å². The molecule has 0 aliphatic carbocycles. The van der Waals surface area contributed by atoms with E-state index in [1.54, 1.807) is 0 Å². The SMILES string of the molecule is CC(C)(C)OCO[N]. The van der Waals surface area contributed by atoms with Gasteiger partial charge in [-0.25, -0.2) is 4.84 Å². The Morgan fingerprint density at radius 2 is 1.88 bits per heavy atom. The van der Waals surface area contributed by atoms with Crippen molar-refractivity contribution >= 4 is 0 Å². The second-order valence-corrected chi connectivity index (χ2v) is 2.50. The zero-order valence-corrected chi connectivity index (χ0v) is 5.47. The molecule has 8 heavy (non-hydrogen) atoms. The predicted octanol–water partition coefficient (Wildman–Crippen LogP) is 0.759. The predicted molar refractivity (Wildman–Crippen MR) is 28.9 cm³/mol. The average Bonchev–Trinajstić information content (AvgIpc) is 1.59. The zero-order chi connectivity index (χ0) is 6.62. The van der Waals surface area contributed by atoms with Crippen molar-refractivity contribution in [3.05, 3.63) is 0 Å². The van der Waals surface area contributed by atoms with Crippen LogP contribution in [0.2, 0.25) is 0 Å². The molecule has 0 fully saturated rings. The van der Waals surface area contributed by atoms with Gasteiger partial charge in [-0.05, 0) is 20.8 Å². The van der Waals surface area contributed by atoms with Crippen LogP contribution in [0.3, 0.4) is 0 Å². The summed E-state index contributed by atoms with van der Waals surface area (Å²) in [4.78, 5) is 3.70. The number of rotatable bonds is 2. The Labute approximate surface area is 49.7 Å². The third-order valence-electron chi connectivity index (χ3n) is 0.545. The molecular formula is C5H11NO2. The van der Waals surface area contributed by atoms with Crippen LogP contribution in [0.5, 0.6) is 0 Å². The monoisotopic (exact) mass is 117 g/mol. The van der Waals surface area contributed by atoms with Gasteiger partial charge in [0.25, 0.3) is 0 Å². The van der Waals surface area contributed by atoms with Crippen molar-refractivity contribution in [2.45, 2.75) is 26.4 Å². The second-order valence-electron chi connectivity index (χ2n) is 2.50. The Hall–Kier alpha value is -0.120. The molecule has 0 N–H and O–H groups in total. The van der Waals surface area contributed by atoms with E-state index in [0.29, 0.717) is 0 Å². The van der Waals surface area contributed by atoms with Crippen LogP contribution in [0.15, 0.2) is 0 Å². The maximum Gasteiger partial charge on any atom is 0.171 e. The van der Waals surface area contributed by atoms with Crippen molar-refractivity contribution in [1.29, 1.82) is 0 Å². The molecule has 3 nitrogen and oxygen atoms in total. The topological polar surface area (TPSA) is 40.8 Å². The van der Waals surface area contributed by atoms with Crippen LogP contribution in [-0.2, 0) is 9.57 Å². The standard InChI is InChI=1S/C5H11NO2/c1-5(2,3)7-4-8-6/h4H2,1-3H3. The quantitative estimate of drug-likeness (QED) is 0.395. The Kier molecular flexibility index (Phi) is 2.97. The van der Waals surface area contributed by atoms with Gasteiger partial charge in [0.2, 0.25) is 0 Å². The van der Waals surface area contributed by atoms with Gasteiger partial charge in [0, 0.05) is 5.90 Å². The molecule has 3 heteroatoms. The summed E-state index contributed by atoms with van der Waals surface area (Å²) in [6.07, 6.45) is 0. The first-order valence-corrected chi connectivity index (χ1v) is 2.46. The highest BCUT2D eigenvalue weighted by molar-refractivity contribution is 4.56. The summed E-state index contributed by atoms with van der Waals surface area (Å²) in [5.41, 5.74) is -0.233. The Bertz CT molecular complexity index is 57.9.